The summed E-state index contributed by atoms with van der Waals surface area (Å²) in [6.07, 6.45) is -0.0209. The molecule has 0 aliphatic heterocycles. The Hall–Kier alpha value is 0.840. The molecule has 0 amide bonds. The van der Waals surface area contributed by atoms with Crippen molar-refractivity contribution in [1.82, 2.24) is 0 Å². The summed E-state index contributed by atoms with van der Waals surface area (Å²) in [6.45, 7) is 10.6. The third-order valence-electron chi connectivity index (χ3n) is 5.42. The van der Waals surface area contributed by atoms with Gasteiger partial charge in [0.15, 0.2) is 0 Å². The highest BCUT2D eigenvalue weighted by Gasteiger charge is 2.28. The molecule has 10 heteroatoms. The minimum atomic E-state index is -0.291. The van der Waals surface area contributed by atoms with Gasteiger partial charge in [-0.1, -0.05) is 45.7 Å². The van der Waals surface area contributed by atoms with Crippen LogP contribution in [0.5, 0.6) is 11.5 Å². The first kappa shape index (κ1) is 32.1. The van der Waals surface area contributed by atoms with Crippen LogP contribution in [0.25, 0.3) is 0 Å². The molecule has 0 aromatic heterocycles. The van der Waals surface area contributed by atoms with Gasteiger partial charge in [-0.2, -0.15) is 0 Å². The lowest BCUT2D eigenvalue weighted by Crippen LogP contribution is -2.24. The summed E-state index contributed by atoms with van der Waals surface area (Å²) in [6, 6.07) is 8.44. The van der Waals surface area contributed by atoms with Crippen molar-refractivity contribution in [2.24, 2.45) is 0 Å². The van der Waals surface area contributed by atoms with Gasteiger partial charge < -0.3 is 18.9 Å². The van der Waals surface area contributed by atoms with Gasteiger partial charge in [0.1, 0.15) is 36.9 Å². The molecule has 0 bridgehead atoms. The van der Waals surface area contributed by atoms with Crippen LogP contribution in [0.15, 0.2) is 42.2 Å². The minimum Gasteiger partial charge on any atom is -0.488 e. The molecular weight excluding hydrogens is 844 g/mol. The van der Waals surface area contributed by atoms with Gasteiger partial charge >= 0.3 is 0 Å². The molecular formula is C25H30Br6O4. The van der Waals surface area contributed by atoms with Crippen LogP contribution in [0.2, 0.25) is 0 Å². The van der Waals surface area contributed by atoms with Crippen molar-refractivity contribution in [3.8, 4) is 11.5 Å². The van der Waals surface area contributed by atoms with E-state index in [0.29, 0.717) is 37.1 Å². The number of ether oxygens (including phenoxy) is 4. The van der Waals surface area contributed by atoms with Crippen molar-refractivity contribution >= 4 is 95.6 Å². The highest BCUT2D eigenvalue weighted by molar-refractivity contribution is 9.11. The van der Waals surface area contributed by atoms with E-state index in [9.17, 15) is 0 Å². The van der Waals surface area contributed by atoms with E-state index in [1.807, 2.05) is 13.8 Å². The first-order chi connectivity index (χ1) is 16.6. The van der Waals surface area contributed by atoms with E-state index in [1.54, 1.807) is 0 Å². The zero-order valence-corrected chi connectivity index (χ0v) is 29.6. The van der Waals surface area contributed by atoms with Crippen molar-refractivity contribution in [2.75, 3.05) is 37.1 Å². The molecule has 0 spiro atoms. The molecule has 35 heavy (non-hydrogen) atoms. The summed E-state index contributed by atoms with van der Waals surface area (Å²) in [5.41, 5.74) is 1.97. The summed E-state index contributed by atoms with van der Waals surface area (Å²) < 4.78 is 27.1. The highest BCUT2D eigenvalue weighted by atomic mass is 79.9. The zero-order valence-electron chi connectivity index (χ0n) is 20.1. The van der Waals surface area contributed by atoms with Crippen LogP contribution < -0.4 is 9.47 Å². The fourth-order valence-electron chi connectivity index (χ4n) is 3.38. The standard InChI is InChI=1S/C25H30Br6O4/c1-5-32-17(11-26)13-34-23-19(28)7-15(8-20(23)29)25(3,4)16-9-21(30)24(22(31)10-16)35-14-18(12-27)33-6-2/h7-10,17-18H,5-6,11-14H2,1-4H3. The summed E-state index contributed by atoms with van der Waals surface area (Å²) in [7, 11) is 0. The quantitative estimate of drug-likeness (QED) is 0.178. The maximum atomic E-state index is 6.08. The van der Waals surface area contributed by atoms with E-state index in [-0.39, 0.29) is 17.6 Å². The van der Waals surface area contributed by atoms with Gasteiger partial charge in [-0.15, -0.1) is 0 Å². The summed E-state index contributed by atoms with van der Waals surface area (Å²) in [5, 5.41) is 1.43. The van der Waals surface area contributed by atoms with E-state index in [4.69, 9.17) is 18.9 Å². The lowest BCUT2D eigenvalue weighted by molar-refractivity contribution is 0.0436. The highest BCUT2D eigenvalue weighted by Crippen LogP contribution is 2.44. The van der Waals surface area contributed by atoms with E-state index in [0.717, 1.165) is 40.5 Å². The van der Waals surface area contributed by atoms with Gasteiger partial charge in [0.25, 0.3) is 0 Å². The maximum absolute atomic E-state index is 6.08. The van der Waals surface area contributed by atoms with Crippen molar-refractivity contribution in [3.05, 3.63) is 53.3 Å². The predicted octanol–water partition coefficient (Wildman–Crippen LogP) is 9.42. The molecule has 196 valence electrons. The Morgan fingerprint density at radius 2 is 0.971 bits per heavy atom. The number of halogens is 6. The van der Waals surface area contributed by atoms with Gasteiger partial charge in [0.05, 0.1) is 17.9 Å². The molecule has 0 N–H and O–H groups in total. The van der Waals surface area contributed by atoms with Gasteiger partial charge in [-0.3, -0.25) is 0 Å². The molecule has 0 aliphatic rings. The van der Waals surface area contributed by atoms with E-state index in [1.165, 1.54) is 0 Å². The fourth-order valence-corrected chi connectivity index (χ4v) is 6.96. The molecule has 0 radical (unpaired) electrons. The smallest absolute Gasteiger partial charge is 0.147 e. The van der Waals surface area contributed by atoms with Crippen molar-refractivity contribution in [2.45, 2.75) is 45.3 Å². The summed E-state index contributed by atoms with van der Waals surface area (Å²) >= 11 is 21.8. The second kappa shape index (κ2) is 15.4. The lowest BCUT2D eigenvalue weighted by atomic mass is 9.78. The van der Waals surface area contributed by atoms with Crippen LogP contribution >= 0.6 is 95.6 Å². The second-order valence-electron chi connectivity index (χ2n) is 8.25. The number of alkyl halides is 2. The normalized spacial score (nSPS) is 13.5. The first-order valence-electron chi connectivity index (χ1n) is 11.2. The van der Waals surface area contributed by atoms with Crippen molar-refractivity contribution < 1.29 is 18.9 Å². The van der Waals surface area contributed by atoms with Gasteiger partial charge in [-0.05, 0) is 113 Å². The van der Waals surface area contributed by atoms with Gasteiger partial charge in [0.2, 0.25) is 0 Å². The average Bonchev–Trinajstić information content (AvgIpc) is 2.81. The largest absolute Gasteiger partial charge is 0.488 e. The fraction of sp³-hybridized carbons (Fsp3) is 0.520. The van der Waals surface area contributed by atoms with Crippen molar-refractivity contribution in [1.29, 1.82) is 0 Å². The molecule has 2 aromatic rings. The number of benzene rings is 2. The average molecular weight is 874 g/mol. The predicted molar refractivity (Wildman–Crippen MR) is 165 cm³/mol. The van der Waals surface area contributed by atoms with Crippen LogP contribution in [0.3, 0.4) is 0 Å². The monoisotopic (exact) mass is 868 g/mol. The van der Waals surface area contributed by atoms with Crippen LogP contribution in [0, 0.1) is 0 Å². The maximum Gasteiger partial charge on any atom is 0.147 e. The first-order valence-corrected chi connectivity index (χ1v) is 16.6. The minimum absolute atomic E-state index is 0.0105. The molecule has 2 aromatic carbocycles. The van der Waals surface area contributed by atoms with Crippen LogP contribution in [0.1, 0.15) is 38.8 Å². The SMILES string of the molecule is CCOC(CBr)COc1c(Br)cc(C(C)(C)c2cc(Br)c(OCC(CBr)OCC)c(Br)c2)cc1Br. The molecule has 0 saturated carbocycles. The van der Waals surface area contributed by atoms with E-state index < -0.39 is 0 Å². The molecule has 0 aliphatic carbocycles. The molecule has 4 nitrogen and oxygen atoms in total. The summed E-state index contributed by atoms with van der Waals surface area (Å²) in [5.74, 6) is 1.52. The Balaban J connectivity index is 2.28. The topological polar surface area (TPSA) is 36.9 Å². The third kappa shape index (κ3) is 8.94. The van der Waals surface area contributed by atoms with Crippen LogP contribution in [-0.2, 0) is 14.9 Å². The second-order valence-corrected chi connectivity index (χ2v) is 13.0. The van der Waals surface area contributed by atoms with Gasteiger partial charge in [-0.25, -0.2) is 0 Å². The van der Waals surface area contributed by atoms with Gasteiger partial charge in [0, 0.05) is 29.3 Å². The molecule has 0 saturated heterocycles. The molecule has 0 fully saturated rings. The van der Waals surface area contributed by atoms with Crippen LogP contribution in [0.4, 0.5) is 0 Å². The molecule has 0 heterocycles. The Morgan fingerprint density at radius 3 is 1.23 bits per heavy atom. The Kier molecular flexibility index (Phi) is 14.1. The number of hydrogen-bond donors (Lipinski definition) is 0. The number of hydrogen-bond acceptors (Lipinski definition) is 4. The third-order valence-corrected chi connectivity index (χ3v) is 9.22. The van der Waals surface area contributed by atoms with Crippen molar-refractivity contribution in [3.63, 3.8) is 0 Å². The number of rotatable bonds is 14. The van der Waals surface area contributed by atoms with E-state index >= 15 is 0 Å². The Labute approximate surface area is 259 Å². The van der Waals surface area contributed by atoms with Crippen LogP contribution in [-0.4, -0.2) is 49.3 Å². The molecule has 2 rings (SSSR count). The summed E-state index contributed by atoms with van der Waals surface area (Å²) in [4.78, 5) is 0. The lowest BCUT2D eigenvalue weighted by Gasteiger charge is -2.29. The molecule has 2 unspecified atom stereocenters. The Morgan fingerprint density at radius 1 is 0.657 bits per heavy atom. The Bertz CT molecular complexity index is 847. The van der Waals surface area contributed by atoms with E-state index in [2.05, 4.69) is 134 Å². The zero-order chi connectivity index (χ0) is 26.2. The molecule has 2 atom stereocenters.